The average molecular weight is 388 g/mol. The summed E-state index contributed by atoms with van der Waals surface area (Å²) in [6, 6.07) is 12.9. The van der Waals surface area contributed by atoms with Crippen molar-refractivity contribution in [3.8, 4) is 0 Å². The van der Waals surface area contributed by atoms with E-state index in [1.54, 1.807) is 0 Å². The van der Waals surface area contributed by atoms with Crippen LogP contribution in [-0.2, 0) is 30.4 Å². The zero-order valence-corrected chi connectivity index (χ0v) is 15.0. The van der Waals surface area contributed by atoms with E-state index in [4.69, 9.17) is 4.74 Å². The number of alkyl carbamates (subject to hydrolysis) is 1. The molecule has 1 heterocycles. The van der Waals surface area contributed by atoms with Crippen LogP contribution in [-0.4, -0.2) is 17.1 Å². The number of amides is 1. The van der Waals surface area contributed by atoms with Gasteiger partial charge in [0, 0.05) is 22.6 Å². The Balaban J connectivity index is 1.45. The van der Waals surface area contributed by atoms with Gasteiger partial charge in [-0.05, 0) is 48.6 Å². The first-order valence-electron chi connectivity index (χ1n) is 9.08. The molecule has 1 atom stereocenters. The lowest BCUT2D eigenvalue weighted by Gasteiger charge is -2.23. The number of ether oxygens (including phenoxy) is 1. The molecule has 1 aromatic heterocycles. The van der Waals surface area contributed by atoms with Crippen LogP contribution < -0.4 is 5.32 Å². The van der Waals surface area contributed by atoms with Gasteiger partial charge in [0.2, 0.25) is 0 Å². The number of fused-ring (bicyclic) bond motifs is 3. The monoisotopic (exact) mass is 388 g/mol. The molecule has 4 nitrogen and oxygen atoms in total. The molecule has 1 aliphatic carbocycles. The third-order valence-corrected chi connectivity index (χ3v) is 5.05. The van der Waals surface area contributed by atoms with Crippen molar-refractivity contribution in [2.45, 2.75) is 38.1 Å². The van der Waals surface area contributed by atoms with E-state index in [9.17, 15) is 18.0 Å². The van der Waals surface area contributed by atoms with Gasteiger partial charge < -0.3 is 15.0 Å². The van der Waals surface area contributed by atoms with Crippen molar-refractivity contribution >= 4 is 17.0 Å². The molecule has 0 saturated carbocycles. The molecule has 0 radical (unpaired) electrons. The summed E-state index contributed by atoms with van der Waals surface area (Å²) >= 11 is 0. The fourth-order valence-corrected chi connectivity index (χ4v) is 3.65. The standard InChI is InChI=1S/C21H19F3N2O2/c22-21(23,24)14-6-8-18-16(10-14)17-11-15(7-9-19(17)26-18)25-20(27)28-12-13-4-2-1-3-5-13/h1-6,8,10,15,26H,7,9,11-12H2,(H,25,27)/t15-/m1/s1. The number of nitrogens with one attached hydrogen (secondary N) is 2. The first-order chi connectivity index (χ1) is 13.4. The Morgan fingerprint density at radius 3 is 2.71 bits per heavy atom. The van der Waals surface area contributed by atoms with Crippen LogP contribution in [0.1, 0.15) is 28.8 Å². The van der Waals surface area contributed by atoms with E-state index in [0.717, 1.165) is 22.9 Å². The predicted octanol–water partition coefficient (Wildman–Crippen LogP) is 4.97. The van der Waals surface area contributed by atoms with Gasteiger partial charge in [-0.15, -0.1) is 0 Å². The third-order valence-electron chi connectivity index (χ3n) is 5.05. The lowest BCUT2D eigenvalue weighted by atomic mass is 9.91. The average Bonchev–Trinajstić information content (AvgIpc) is 3.04. The number of aromatic nitrogens is 1. The van der Waals surface area contributed by atoms with E-state index in [1.165, 1.54) is 12.1 Å². The molecule has 0 saturated heterocycles. The van der Waals surface area contributed by atoms with Gasteiger partial charge in [-0.25, -0.2) is 4.79 Å². The zero-order chi connectivity index (χ0) is 19.7. The number of benzene rings is 2. The maximum absolute atomic E-state index is 13.0. The predicted molar refractivity (Wildman–Crippen MR) is 98.9 cm³/mol. The number of H-pyrrole nitrogens is 1. The van der Waals surface area contributed by atoms with Gasteiger partial charge in [-0.2, -0.15) is 13.2 Å². The van der Waals surface area contributed by atoms with Crippen LogP contribution in [0.5, 0.6) is 0 Å². The Labute approximate surface area is 159 Å². The highest BCUT2D eigenvalue weighted by Gasteiger charge is 2.32. The highest BCUT2D eigenvalue weighted by atomic mass is 19.4. The number of hydrogen-bond acceptors (Lipinski definition) is 2. The Morgan fingerprint density at radius 1 is 1.18 bits per heavy atom. The van der Waals surface area contributed by atoms with E-state index in [0.29, 0.717) is 30.2 Å². The van der Waals surface area contributed by atoms with Crippen LogP contribution in [0.4, 0.5) is 18.0 Å². The van der Waals surface area contributed by atoms with Crippen LogP contribution in [0, 0.1) is 0 Å². The first-order valence-corrected chi connectivity index (χ1v) is 9.08. The number of hydrogen-bond donors (Lipinski definition) is 2. The third kappa shape index (κ3) is 3.83. The molecule has 146 valence electrons. The van der Waals surface area contributed by atoms with Crippen LogP contribution in [0.15, 0.2) is 48.5 Å². The van der Waals surface area contributed by atoms with Crippen molar-refractivity contribution in [1.82, 2.24) is 10.3 Å². The molecule has 4 rings (SSSR count). The molecular formula is C21H19F3N2O2. The van der Waals surface area contributed by atoms with E-state index in [2.05, 4.69) is 10.3 Å². The number of rotatable bonds is 3. The molecule has 2 aromatic carbocycles. The number of carbonyl (C=O) groups is 1. The SMILES string of the molecule is O=C(N[C@@H]1CCc2[nH]c3ccc(C(F)(F)F)cc3c2C1)OCc1ccccc1. The summed E-state index contributed by atoms with van der Waals surface area (Å²) < 4.78 is 44.4. The molecule has 28 heavy (non-hydrogen) atoms. The summed E-state index contributed by atoms with van der Waals surface area (Å²) in [5.41, 5.74) is 2.68. The van der Waals surface area contributed by atoms with Crippen molar-refractivity contribution in [2.24, 2.45) is 0 Å². The minimum absolute atomic E-state index is 0.173. The molecule has 0 bridgehead atoms. The maximum atomic E-state index is 13.0. The second kappa shape index (κ2) is 7.22. The molecule has 1 amide bonds. The number of alkyl halides is 3. The molecule has 0 spiro atoms. The molecule has 0 aliphatic heterocycles. The van der Waals surface area contributed by atoms with E-state index < -0.39 is 17.8 Å². The quantitative estimate of drug-likeness (QED) is 0.666. The van der Waals surface area contributed by atoms with Crippen molar-refractivity contribution < 1.29 is 22.7 Å². The van der Waals surface area contributed by atoms with Crippen molar-refractivity contribution in [3.63, 3.8) is 0 Å². The summed E-state index contributed by atoms with van der Waals surface area (Å²) in [5.74, 6) is 0. The highest BCUT2D eigenvalue weighted by molar-refractivity contribution is 5.86. The van der Waals surface area contributed by atoms with E-state index in [1.807, 2.05) is 30.3 Å². The Morgan fingerprint density at radius 2 is 1.96 bits per heavy atom. The van der Waals surface area contributed by atoms with Crippen molar-refractivity contribution in [2.75, 3.05) is 0 Å². The molecule has 3 aromatic rings. The molecule has 1 aliphatic rings. The number of halogens is 3. The second-order valence-corrected chi connectivity index (χ2v) is 6.99. The summed E-state index contributed by atoms with van der Waals surface area (Å²) in [5, 5.41) is 3.40. The molecule has 0 fully saturated rings. The van der Waals surface area contributed by atoms with Gasteiger partial charge in [0.15, 0.2) is 0 Å². The lowest BCUT2D eigenvalue weighted by molar-refractivity contribution is -0.137. The smallest absolute Gasteiger partial charge is 0.416 e. The molecular weight excluding hydrogens is 369 g/mol. The van der Waals surface area contributed by atoms with E-state index >= 15 is 0 Å². The number of carbonyl (C=O) groups excluding carboxylic acids is 1. The van der Waals surface area contributed by atoms with Gasteiger partial charge in [0.25, 0.3) is 0 Å². The largest absolute Gasteiger partial charge is 0.445 e. The summed E-state index contributed by atoms with van der Waals surface area (Å²) in [7, 11) is 0. The minimum Gasteiger partial charge on any atom is -0.445 e. The van der Waals surface area contributed by atoms with Crippen molar-refractivity contribution in [1.29, 1.82) is 0 Å². The van der Waals surface area contributed by atoms with E-state index in [-0.39, 0.29) is 12.6 Å². The van der Waals surface area contributed by atoms with Gasteiger partial charge >= 0.3 is 12.3 Å². The number of aryl methyl sites for hydroxylation is 1. The highest BCUT2D eigenvalue weighted by Crippen LogP contribution is 2.35. The fraction of sp³-hybridized carbons (Fsp3) is 0.286. The van der Waals surface area contributed by atoms with Crippen LogP contribution in [0.25, 0.3) is 10.9 Å². The second-order valence-electron chi connectivity index (χ2n) is 6.99. The molecule has 0 unspecified atom stereocenters. The molecule has 7 heteroatoms. The lowest BCUT2D eigenvalue weighted by Crippen LogP contribution is -2.39. The van der Waals surface area contributed by atoms with Gasteiger partial charge in [0.05, 0.1) is 5.56 Å². The fourth-order valence-electron chi connectivity index (χ4n) is 3.65. The topological polar surface area (TPSA) is 54.1 Å². The summed E-state index contributed by atoms with van der Waals surface area (Å²) in [6.45, 7) is 0.173. The normalized spacial score (nSPS) is 16.6. The maximum Gasteiger partial charge on any atom is 0.416 e. The number of aromatic amines is 1. The summed E-state index contributed by atoms with van der Waals surface area (Å²) in [6.07, 6.45) is -3.07. The van der Waals surface area contributed by atoms with Crippen LogP contribution in [0.3, 0.4) is 0 Å². The Hall–Kier alpha value is -2.96. The minimum atomic E-state index is -4.38. The van der Waals surface area contributed by atoms with Gasteiger partial charge in [0.1, 0.15) is 6.61 Å². The van der Waals surface area contributed by atoms with Gasteiger partial charge in [-0.3, -0.25) is 0 Å². The first kappa shape index (κ1) is 18.4. The van der Waals surface area contributed by atoms with Crippen molar-refractivity contribution in [3.05, 3.63) is 70.9 Å². The van der Waals surface area contributed by atoms with Gasteiger partial charge in [-0.1, -0.05) is 30.3 Å². The van der Waals surface area contributed by atoms with Crippen LogP contribution >= 0.6 is 0 Å². The van der Waals surface area contributed by atoms with Crippen LogP contribution in [0.2, 0.25) is 0 Å². The molecule has 2 N–H and O–H groups in total. The Kier molecular flexibility index (Phi) is 4.75. The summed E-state index contributed by atoms with van der Waals surface area (Å²) in [4.78, 5) is 15.3. The zero-order valence-electron chi connectivity index (χ0n) is 15.0. The Bertz CT molecular complexity index is 996.